The van der Waals surface area contributed by atoms with Gasteiger partial charge >= 0.3 is 0 Å². The average Bonchev–Trinajstić information content (AvgIpc) is 3.20. The van der Waals surface area contributed by atoms with E-state index in [9.17, 15) is 9.59 Å². The number of carbonyl (C=O) groups excluding carboxylic acids is 2. The molecule has 0 aliphatic heterocycles. The lowest BCUT2D eigenvalue weighted by Gasteiger charge is -2.23. The Morgan fingerprint density at radius 1 is 0.966 bits per heavy atom. The lowest BCUT2D eigenvalue weighted by atomic mass is 10.0. The Kier molecular flexibility index (Phi) is 5.41. The first-order valence-electron chi connectivity index (χ1n) is 9.66. The summed E-state index contributed by atoms with van der Waals surface area (Å²) in [5.74, 6) is -0.0592. The van der Waals surface area contributed by atoms with Crippen LogP contribution in [0.4, 0.5) is 0 Å². The number of ketones is 1. The molecule has 0 saturated heterocycles. The molecule has 5 heteroatoms. The van der Waals surface area contributed by atoms with Crippen molar-refractivity contribution < 1.29 is 9.59 Å². The number of rotatable bonds is 6. The number of thiazole rings is 1. The van der Waals surface area contributed by atoms with Crippen LogP contribution in [0.2, 0.25) is 0 Å². The van der Waals surface area contributed by atoms with E-state index in [4.69, 9.17) is 0 Å². The third-order valence-corrected chi connectivity index (χ3v) is 6.49. The van der Waals surface area contributed by atoms with E-state index in [1.807, 2.05) is 73.7 Å². The number of aromatic nitrogens is 1. The van der Waals surface area contributed by atoms with Crippen molar-refractivity contribution in [1.82, 2.24) is 9.88 Å². The SMILES string of the molecule is C[C@H](c1nc2ccccc2s1)N(C)C(=O)CCC(=O)c1ccc2ccccc2c1. The monoisotopic (exact) mass is 402 g/mol. The van der Waals surface area contributed by atoms with Crippen LogP contribution in [0.5, 0.6) is 0 Å². The Labute approximate surface area is 173 Å². The van der Waals surface area contributed by atoms with Crippen LogP contribution >= 0.6 is 11.3 Å². The van der Waals surface area contributed by atoms with Gasteiger partial charge in [0.15, 0.2) is 5.78 Å². The van der Waals surface area contributed by atoms with Crippen LogP contribution in [-0.2, 0) is 4.79 Å². The van der Waals surface area contributed by atoms with Gasteiger partial charge in [-0.05, 0) is 35.9 Å². The number of hydrogen-bond donors (Lipinski definition) is 0. The highest BCUT2D eigenvalue weighted by Gasteiger charge is 2.21. The quantitative estimate of drug-likeness (QED) is 0.393. The molecule has 4 aromatic rings. The molecule has 0 unspecified atom stereocenters. The molecule has 4 rings (SSSR count). The molecular formula is C24H22N2O2S. The van der Waals surface area contributed by atoms with Gasteiger partial charge in [0.05, 0.1) is 16.3 Å². The lowest BCUT2D eigenvalue weighted by molar-refractivity contribution is -0.131. The van der Waals surface area contributed by atoms with Gasteiger partial charge in [-0.3, -0.25) is 9.59 Å². The largest absolute Gasteiger partial charge is 0.337 e. The number of amides is 1. The molecule has 29 heavy (non-hydrogen) atoms. The number of nitrogens with zero attached hydrogens (tertiary/aromatic N) is 2. The van der Waals surface area contributed by atoms with E-state index in [-0.39, 0.29) is 30.6 Å². The second-order valence-corrected chi connectivity index (χ2v) is 8.25. The molecular weight excluding hydrogens is 380 g/mol. The molecule has 1 heterocycles. The van der Waals surface area contributed by atoms with Gasteiger partial charge in [0.25, 0.3) is 0 Å². The summed E-state index contributed by atoms with van der Waals surface area (Å²) in [6.45, 7) is 1.97. The maximum atomic E-state index is 12.7. The molecule has 0 spiro atoms. The van der Waals surface area contributed by atoms with Crippen LogP contribution in [0, 0.1) is 0 Å². The minimum atomic E-state index is -0.129. The van der Waals surface area contributed by atoms with E-state index in [1.54, 1.807) is 23.3 Å². The molecule has 0 radical (unpaired) electrons. The summed E-state index contributed by atoms with van der Waals surface area (Å²) in [5.41, 5.74) is 1.60. The van der Waals surface area contributed by atoms with Crippen LogP contribution in [0.1, 0.15) is 41.2 Å². The van der Waals surface area contributed by atoms with Crippen LogP contribution in [0.25, 0.3) is 21.0 Å². The summed E-state index contributed by atoms with van der Waals surface area (Å²) in [5, 5.41) is 3.04. The van der Waals surface area contributed by atoms with Gasteiger partial charge in [-0.25, -0.2) is 4.98 Å². The molecule has 1 aromatic heterocycles. The van der Waals surface area contributed by atoms with E-state index >= 15 is 0 Å². The van der Waals surface area contributed by atoms with Crippen molar-refractivity contribution in [2.75, 3.05) is 7.05 Å². The fourth-order valence-corrected chi connectivity index (χ4v) is 4.42. The number of para-hydroxylation sites is 1. The van der Waals surface area contributed by atoms with Crippen molar-refractivity contribution in [2.24, 2.45) is 0 Å². The molecule has 0 saturated carbocycles. The minimum absolute atomic E-state index is 0.00913. The van der Waals surface area contributed by atoms with Crippen LogP contribution in [0.3, 0.4) is 0 Å². The number of fused-ring (bicyclic) bond motifs is 2. The van der Waals surface area contributed by atoms with Gasteiger partial charge in [-0.1, -0.05) is 48.5 Å². The molecule has 0 bridgehead atoms. The number of hydrogen-bond acceptors (Lipinski definition) is 4. The highest BCUT2D eigenvalue weighted by molar-refractivity contribution is 7.18. The van der Waals surface area contributed by atoms with Crippen molar-refractivity contribution >= 4 is 44.0 Å². The highest BCUT2D eigenvalue weighted by Crippen LogP contribution is 2.29. The van der Waals surface area contributed by atoms with E-state index in [1.165, 1.54) is 0 Å². The fraction of sp³-hybridized carbons (Fsp3) is 0.208. The molecule has 146 valence electrons. The molecule has 3 aromatic carbocycles. The lowest BCUT2D eigenvalue weighted by Crippen LogP contribution is -2.29. The van der Waals surface area contributed by atoms with E-state index in [2.05, 4.69) is 4.98 Å². The zero-order chi connectivity index (χ0) is 20.4. The van der Waals surface area contributed by atoms with Gasteiger partial charge in [0.2, 0.25) is 5.91 Å². The van der Waals surface area contributed by atoms with Crippen molar-refractivity contribution in [3.8, 4) is 0 Å². The van der Waals surface area contributed by atoms with Crippen LogP contribution in [-0.4, -0.2) is 28.6 Å². The number of carbonyl (C=O) groups is 2. The van der Waals surface area contributed by atoms with Gasteiger partial charge in [0, 0.05) is 25.5 Å². The van der Waals surface area contributed by atoms with Crippen LogP contribution in [0.15, 0.2) is 66.7 Å². The van der Waals surface area contributed by atoms with Crippen molar-refractivity contribution in [1.29, 1.82) is 0 Å². The molecule has 0 fully saturated rings. The summed E-state index contributed by atoms with van der Waals surface area (Å²) in [7, 11) is 1.78. The minimum Gasteiger partial charge on any atom is -0.337 e. The van der Waals surface area contributed by atoms with Gasteiger partial charge in [-0.2, -0.15) is 0 Å². The summed E-state index contributed by atoms with van der Waals surface area (Å²) >= 11 is 1.60. The first-order chi connectivity index (χ1) is 14.0. The molecule has 1 atom stereocenters. The molecule has 0 aliphatic carbocycles. The maximum Gasteiger partial charge on any atom is 0.223 e. The first kappa shape index (κ1) is 19.3. The van der Waals surface area contributed by atoms with E-state index < -0.39 is 0 Å². The fourth-order valence-electron chi connectivity index (χ4n) is 3.35. The predicted octanol–water partition coefficient (Wildman–Crippen LogP) is 5.63. The summed E-state index contributed by atoms with van der Waals surface area (Å²) in [6.07, 6.45) is 0.394. The zero-order valence-electron chi connectivity index (χ0n) is 16.5. The Morgan fingerprint density at radius 2 is 1.69 bits per heavy atom. The Bertz CT molecular complexity index is 1160. The molecule has 0 aliphatic rings. The normalized spacial score (nSPS) is 12.2. The van der Waals surface area contributed by atoms with Gasteiger partial charge in [-0.15, -0.1) is 11.3 Å². The third-order valence-electron chi connectivity index (χ3n) is 5.28. The van der Waals surface area contributed by atoms with Gasteiger partial charge < -0.3 is 4.90 Å². The summed E-state index contributed by atoms with van der Waals surface area (Å²) < 4.78 is 1.11. The average molecular weight is 403 g/mol. The second kappa shape index (κ2) is 8.13. The predicted molar refractivity (Wildman–Crippen MR) is 118 cm³/mol. The Balaban J connectivity index is 1.40. The maximum absolute atomic E-state index is 12.7. The highest BCUT2D eigenvalue weighted by atomic mass is 32.1. The van der Waals surface area contributed by atoms with Crippen molar-refractivity contribution in [2.45, 2.75) is 25.8 Å². The Morgan fingerprint density at radius 3 is 2.48 bits per heavy atom. The molecule has 0 N–H and O–H groups in total. The smallest absolute Gasteiger partial charge is 0.223 e. The van der Waals surface area contributed by atoms with E-state index in [0.29, 0.717) is 5.56 Å². The number of benzene rings is 3. The standard InChI is InChI=1S/C24H22N2O2S/c1-16(24-25-20-9-5-6-10-22(20)29-24)26(2)23(28)14-13-21(27)19-12-11-17-7-3-4-8-18(17)15-19/h3-12,15-16H,13-14H2,1-2H3/t16-/m1/s1. The summed E-state index contributed by atoms with van der Waals surface area (Å²) in [4.78, 5) is 31.6. The second-order valence-electron chi connectivity index (χ2n) is 7.19. The Hall–Kier alpha value is -3.05. The first-order valence-corrected chi connectivity index (χ1v) is 10.5. The van der Waals surface area contributed by atoms with Crippen molar-refractivity contribution in [3.05, 3.63) is 77.3 Å². The number of Topliss-reactive ketones (excluding diaryl/α,β-unsaturated/α-hetero) is 1. The van der Waals surface area contributed by atoms with Crippen LogP contribution < -0.4 is 0 Å². The topological polar surface area (TPSA) is 50.3 Å². The molecule has 4 nitrogen and oxygen atoms in total. The summed E-state index contributed by atoms with van der Waals surface area (Å²) in [6, 6.07) is 21.5. The molecule has 1 amide bonds. The van der Waals surface area contributed by atoms with Crippen molar-refractivity contribution in [3.63, 3.8) is 0 Å². The third kappa shape index (κ3) is 4.05. The van der Waals surface area contributed by atoms with E-state index in [0.717, 1.165) is 26.0 Å². The zero-order valence-corrected chi connectivity index (χ0v) is 17.3. The van der Waals surface area contributed by atoms with Gasteiger partial charge in [0.1, 0.15) is 5.01 Å².